The molecule has 0 heterocycles. The smallest absolute Gasteiger partial charge is 0.227 e. The Bertz CT molecular complexity index is 3910. The lowest BCUT2D eigenvalue weighted by molar-refractivity contribution is -0.124. The van der Waals surface area contributed by atoms with Gasteiger partial charge in [-0.3, -0.25) is 14.4 Å². The Morgan fingerprint density at radius 2 is 0.938 bits per heavy atom. The van der Waals surface area contributed by atoms with E-state index < -0.39 is 7.55 Å². The molecule has 0 saturated carbocycles. The molecule has 80 heavy (non-hydrogen) atoms. The van der Waals surface area contributed by atoms with Crippen LogP contribution in [0.5, 0.6) is 0 Å². The molecule has 3 N–H and O–H groups in total. The van der Waals surface area contributed by atoms with Crippen molar-refractivity contribution in [2.24, 2.45) is 11.8 Å². The van der Waals surface area contributed by atoms with Crippen molar-refractivity contribution in [1.29, 1.82) is 0 Å². The number of nitrogens with one attached hydrogen (secondary N) is 2. The zero-order valence-electron chi connectivity index (χ0n) is 46.0. The molecule has 2 atom stereocenters. The zero-order chi connectivity index (χ0) is 55.3. The summed E-state index contributed by atoms with van der Waals surface area (Å²) in [7, 11) is -1.20. The van der Waals surface area contributed by atoms with E-state index in [2.05, 4.69) is 181 Å². The molecule has 2 unspecified atom stereocenters. The number of nitrogens with zero attached hydrogens (tertiary/aromatic N) is 1. The molecule has 0 spiro atoms. The van der Waals surface area contributed by atoms with Gasteiger partial charge in [0.2, 0.25) is 17.6 Å². The minimum atomic E-state index is -1.20. The van der Waals surface area contributed by atoms with E-state index in [1.807, 2.05) is 68.5 Å². The Hall–Kier alpha value is -8.64. The molecule has 2 aliphatic carbocycles. The lowest BCUT2D eigenvalue weighted by Gasteiger charge is -2.30. The third-order valence-corrected chi connectivity index (χ3v) is 18.4. The van der Waals surface area contributed by atoms with Crippen molar-refractivity contribution in [3.63, 3.8) is 0 Å². The number of fused-ring (bicyclic) bond motifs is 4. The van der Waals surface area contributed by atoms with E-state index in [0.29, 0.717) is 35.4 Å². The molecule has 8 heteroatoms. The van der Waals surface area contributed by atoms with E-state index in [-0.39, 0.29) is 46.3 Å². The van der Waals surface area contributed by atoms with Crippen LogP contribution in [0.2, 0.25) is 0 Å². The number of benzene rings is 9. The molecule has 398 valence electrons. The second-order valence-corrected chi connectivity index (χ2v) is 23.4. The molecule has 2 amide bonds. The first-order valence-electron chi connectivity index (χ1n) is 28.5. The molecule has 9 aromatic carbocycles. The number of Topliss-reactive ketones (excluding diaryl/α,β-unsaturated/α-hetero) is 1. The summed E-state index contributed by atoms with van der Waals surface area (Å²) in [5, 5.41) is 31.4. The maximum Gasteiger partial charge on any atom is 0.227 e. The molecule has 0 fully saturated rings. The van der Waals surface area contributed by atoms with Gasteiger partial charge in [-0.15, -0.1) is 0 Å². The summed E-state index contributed by atoms with van der Waals surface area (Å²) < 4.78 is 0. The van der Waals surface area contributed by atoms with Gasteiger partial charge in [-0.1, -0.05) is 163 Å². The molecule has 0 radical (unpaired) electrons. The summed E-state index contributed by atoms with van der Waals surface area (Å²) in [5.41, 5.74) is 4.57. The molecule has 7 nitrogen and oxygen atoms in total. The standard InChI is InChI=1S/C72H66N3O4P/c1-5-9-19-47(7-3)71(78)73-65-45-59(75(57-33-29-49-21-11-15-25-53(49)41-57)58-34-30-50-22-12-16-26-54(50)42-58)35-39-63(65)67-69(76)68(70(67)77)64-40-38-62(46-66(64)74-72(79)48(8-4)20-10-6-2)80(60-36-31-51-23-13-17-27-55(51)43-60)61-37-32-52-24-14-18-28-56(52)44-61/h11-18,21-48H,5-10,19-20H2,1-4H3,(H2-,73,74,76,77,78,79)/p+1. The van der Waals surface area contributed by atoms with Gasteiger partial charge in [0, 0.05) is 46.1 Å². The molecule has 0 aromatic heterocycles. The Balaban J connectivity index is 1.07. The van der Waals surface area contributed by atoms with Crippen molar-refractivity contribution in [3.8, 4) is 0 Å². The predicted molar refractivity (Wildman–Crippen MR) is 337 cm³/mol. The van der Waals surface area contributed by atoms with Crippen molar-refractivity contribution in [2.75, 3.05) is 10.2 Å². The molecule has 0 saturated heterocycles. The van der Waals surface area contributed by atoms with Gasteiger partial charge in [-0.05, 0) is 160 Å². The normalized spacial score (nSPS) is 15.0. The Labute approximate surface area is 470 Å². The van der Waals surface area contributed by atoms with Crippen molar-refractivity contribution < 1.29 is 19.5 Å². The molecular weight excluding hydrogens is 1000 g/mol. The lowest BCUT2D eigenvalue weighted by Crippen LogP contribution is -2.33. The maximum absolute atomic E-state index is 15.2. The highest BCUT2D eigenvalue weighted by molar-refractivity contribution is 7.74. The van der Waals surface area contributed by atoms with Gasteiger partial charge in [0.05, 0.1) is 22.5 Å². The number of carbonyl (C=O) groups excluding carboxylic acids is 3. The summed E-state index contributed by atoms with van der Waals surface area (Å²) in [6.45, 7) is 8.33. The van der Waals surface area contributed by atoms with Gasteiger partial charge < -0.3 is 20.6 Å². The van der Waals surface area contributed by atoms with Crippen LogP contribution < -0.4 is 26.1 Å². The number of aliphatic hydroxyl groups excluding tert-OH is 1. The maximum atomic E-state index is 15.2. The van der Waals surface area contributed by atoms with Crippen molar-refractivity contribution >= 4 is 112 Å². The van der Waals surface area contributed by atoms with Gasteiger partial charge in [0.15, 0.2) is 23.4 Å². The monoisotopic (exact) mass is 1070 g/mol. The average Bonchev–Trinajstić information content (AvgIpc) is 3.65. The van der Waals surface area contributed by atoms with Gasteiger partial charge in [-0.2, -0.15) is 0 Å². The van der Waals surface area contributed by atoms with Crippen LogP contribution in [0.1, 0.15) is 84.6 Å². The first-order valence-corrected chi connectivity index (χ1v) is 29.8. The number of hydrogen-bond acceptors (Lipinski definition) is 5. The van der Waals surface area contributed by atoms with E-state index in [9.17, 15) is 14.7 Å². The van der Waals surface area contributed by atoms with Crippen LogP contribution in [0, 0.1) is 11.8 Å². The Morgan fingerprint density at radius 1 is 0.500 bits per heavy atom. The fourth-order valence-corrected chi connectivity index (χ4v) is 13.8. The van der Waals surface area contributed by atoms with Crippen molar-refractivity contribution in [3.05, 3.63) is 234 Å². The number of allylic oxidation sites excluding steroid dienone is 5. The van der Waals surface area contributed by atoms with Gasteiger partial charge in [0.1, 0.15) is 5.76 Å². The summed E-state index contributed by atoms with van der Waals surface area (Å²) in [6, 6.07) is 65.1. The van der Waals surface area contributed by atoms with Gasteiger partial charge >= 0.3 is 0 Å². The van der Waals surface area contributed by atoms with E-state index in [1.54, 1.807) is 0 Å². The second-order valence-electron chi connectivity index (χ2n) is 21.2. The zero-order valence-corrected chi connectivity index (χ0v) is 46.9. The van der Waals surface area contributed by atoms with E-state index in [4.69, 9.17) is 0 Å². The summed E-state index contributed by atoms with van der Waals surface area (Å²) in [6.07, 6.45) is 12.5. The minimum Gasteiger partial charge on any atom is -0.506 e. The van der Waals surface area contributed by atoms with E-state index in [1.165, 1.54) is 0 Å². The number of aliphatic hydroxyl groups is 1. The van der Waals surface area contributed by atoms with Crippen LogP contribution in [-0.4, -0.2) is 28.0 Å². The molecule has 0 bridgehead atoms. The number of hydrogen-bond donors (Lipinski definition) is 3. The third-order valence-electron chi connectivity index (χ3n) is 16.0. The molecule has 9 aromatic rings. The highest BCUT2D eigenvalue weighted by Gasteiger charge is 2.41. The van der Waals surface area contributed by atoms with Crippen LogP contribution in [-0.2, 0) is 14.4 Å². The lowest BCUT2D eigenvalue weighted by atomic mass is 9.78. The summed E-state index contributed by atoms with van der Waals surface area (Å²) >= 11 is 0. The third kappa shape index (κ3) is 10.8. The molecule has 0 aliphatic heterocycles. The number of carbonyl (C=O) groups is 3. The fraction of sp³-hybridized carbons (Fsp3) is 0.194. The van der Waals surface area contributed by atoms with Crippen LogP contribution in [0.3, 0.4) is 0 Å². The Kier molecular flexibility index (Phi) is 15.8. The van der Waals surface area contributed by atoms with Crippen LogP contribution in [0.25, 0.3) is 48.7 Å². The average molecular weight is 1070 g/mol. The number of ketones is 1. The van der Waals surface area contributed by atoms with Gasteiger partial charge in [0.25, 0.3) is 0 Å². The largest absolute Gasteiger partial charge is 0.506 e. The number of amides is 2. The van der Waals surface area contributed by atoms with Crippen LogP contribution in [0.4, 0.5) is 22.7 Å². The Morgan fingerprint density at radius 3 is 1.41 bits per heavy atom. The quantitative estimate of drug-likeness (QED) is 0.0587. The number of unbranched alkanes of at least 4 members (excludes halogenated alkanes) is 2. The van der Waals surface area contributed by atoms with E-state index >= 15 is 4.79 Å². The number of rotatable bonds is 18. The second kappa shape index (κ2) is 23.8. The topological polar surface area (TPSA) is 98.7 Å². The fourth-order valence-electron chi connectivity index (χ4n) is 11.5. The van der Waals surface area contributed by atoms with Crippen LogP contribution >= 0.6 is 7.55 Å². The predicted octanol–water partition coefficient (Wildman–Crippen LogP) is 17.2. The van der Waals surface area contributed by atoms with Crippen molar-refractivity contribution in [1.82, 2.24) is 5.32 Å². The van der Waals surface area contributed by atoms with Crippen LogP contribution in [0.15, 0.2) is 229 Å². The first kappa shape index (κ1) is 53.4. The summed E-state index contributed by atoms with van der Waals surface area (Å²) in [5.74, 6) is -1.32. The molecule has 2 aliphatic rings. The molecule has 11 rings (SSSR count). The highest BCUT2D eigenvalue weighted by atomic mass is 31.1. The summed E-state index contributed by atoms with van der Waals surface area (Å²) in [4.78, 5) is 46.4. The first-order chi connectivity index (χ1) is 39.1. The highest BCUT2D eigenvalue weighted by Crippen LogP contribution is 2.46. The van der Waals surface area contributed by atoms with Gasteiger partial charge in [-0.25, -0.2) is 0 Å². The van der Waals surface area contributed by atoms with Crippen molar-refractivity contribution in [2.45, 2.75) is 79.1 Å². The minimum absolute atomic E-state index is 0.108. The number of anilines is 4. The SMILES string of the molecule is CCCCC(CC)C(=O)NC1=CC(=[P+](c2ccc3ccccc3c2)c2ccc3ccccc3c2)C=C/C1=C1\C(=O)C(c2ccc(N(c3ccc4ccccc4c3)c3ccc4ccccc4c3)cc2NC(=O)C(CC)CCCC)=C1O. The van der Waals surface area contributed by atoms with E-state index in [0.717, 1.165) is 115 Å². The molecular formula is C72H67N3O4P+.